The average Bonchev–Trinajstić information content (AvgIpc) is 3.02. The fourth-order valence-corrected chi connectivity index (χ4v) is 4.13. The van der Waals surface area contributed by atoms with E-state index in [4.69, 9.17) is 0 Å². The van der Waals surface area contributed by atoms with Crippen molar-refractivity contribution in [3.05, 3.63) is 12.4 Å². The largest absolute Gasteiger partial charge is 0.356 e. The van der Waals surface area contributed by atoms with Gasteiger partial charge in [-0.15, -0.1) is 0 Å². The van der Waals surface area contributed by atoms with E-state index in [-0.39, 0.29) is 0 Å². The molecule has 0 bridgehead atoms. The topological polar surface area (TPSA) is 6.48 Å². The molecule has 2 nitrogen and oxygen atoms in total. The minimum Gasteiger partial charge on any atom is -0.356 e. The molecule has 1 aliphatic heterocycles. The van der Waals surface area contributed by atoms with Crippen molar-refractivity contribution in [1.82, 2.24) is 9.80 Å². The summed E-state index contributed by atoms with van der Waals surface area (Å²) in [5.41, 5.74) is 0. The highest BCUT2D eigenvalue weighted by Crippen LogP contribution is 2.23. The van der Waals surface area contributed by atoms with Crippen LogP contribution in [-0.4, -0.2) is 29.1 Å². The van der Waals surface area contributed by atoms with Crippen LogP contribution in [0.15, 0.2) is 12.4 Å². The third kappa shape index (κ3) is 10.5. The molecule has 2 heteroatoms. The molecular formula is C24H48N2. The first-order chi connectivity index (χ1) is 12.8. The molecule has 1 unspecified atom stereocenters. The van der Waals surface area contributed by atoms with E-state index >= 15 is 0 Å². The number of hydrogen-bond acceptors (Lipinski definition) is 2. The van der Waals surface area contributed by atoms with Gasteiger partial charge in [-0.3, -0.25) is 0 Å². The van der Waals surface area contributed by atoms with Crippen molar-refractivity contribution in [3.63, 3.8) is 0 Å². The summed E-state index contributed by atoms with van der Waals surface area (Å²) in [6, 6.07) is 0. The Balaban J connectivity index is 2.08. The molecule has 1 aliphatic rings. The fourth-order valence-electron chi connectivity index (χ4n) is 4.13. The summed E-state index contributed by atoms with van der Waals surface area (Å²) in [5.74, 6) is 0. The zero-order valence-electron chi connectivity index (χ0n) is 18.4. The van der Waals surface area contributed by atoms with Crippen LogP contribution in [0.5, 0.6) is 0 Å². The minimum atomic E-state index is 0.644. The molecule has 1 rings (SSSR count). The molecule has 0 N–H and O–H groups in total. The molecule has 1 heterocycles. The summed E-state index contributed by atoms with van der Waals surface area (Å²) in [5, 5.41) is 0. The molecule has 0 radical (unpaired) electrons. The third-order valence-electron chi connectivity index (χ3n) is 5.78. The maximum Gasteiger partial charge on any atom is 0.101 e. The molecule has 0 aromatic rings. The summed E-state index contributed by atoms with van der Waals surface area (Å²) in [6.07, 6.45) is 27.8. The molecular weight excluding hydrogens is 316 g/mol. The lowest BCUT2D eigenvalue weighted by Crippen LogP contribution is -2.39. The highest BCUT2D eigenvalue weighted by molar-refractivity contribution is 4.96. The number of rotatable bonds is 18. The molecule has 26 heavy (non-hydrogen) atoms. The predicted octanol–water partition coefficient (Wildman–Crippen LogP) is 7.70. The first kappa shape index (κ1) is 23.4. The van der Waals surface area contributed by atoms with Crippen LogP contribution < -0.4 is 0 Å². The van der Waals surface area contributed by atoms with Gasteiger partial charge in [-0.25, -0.2) is 0 Å². The first-order valence-corrected chi connectivity index (χ1v) is 12.0. The number of nitrogens with zero attached hydrogens (tertiary/aromatic N) is 2. The van der Waals surface area contributed by atoms with Gasteiger partial charge < -0.3 is 9.80 Å². The summed E-state index contributed by atoms with van der Waals surface area (Å²) >= 11 is 0. The SMILES string of the molecule is CCCCCCCCCCCCCC1N(CCC)C=CN1CCCCC. The lowest BCUT2D eigenvalue weighted by atomic mass is 10.0. The molecule has 0 aromatic heterocycles. The second-order valence-corrected chi connectivity index (χ2v) is 8.29. The van der Waals surface area contributed by atoms with E-state index in [1.165, 1.54) is 116 Å². The second kappa shape index (κ2) is 16.5. The van der Waals surface area contributed by atoms with Crippen molar-refractivity contribution in [2.45, 2.75) is 130 Å². The Morgan fingerprint density at radius 3 is 1.50 bits per heavy atom. The fraction of sp³-hybridized carbons (Fsp3) is 0.917. The standard InChI is InChI=1S/C24H48N2/c1-4-7-9-10-11-12-13-14-15-16-17-19-24-25(20-6-3)22-23-26(24)21-18-8-5-2/h22-24H,4-21H2,1-3H3. The Kier molecular flexibility index (Phi) is 14.8. The molecule has 0 spiro atoms. The van der Waals surface area contributed by atoms with Crippen molar-refractivity contribution < 1.29 is 0 Å². The van der Waals surface area contributed by atoms with Gasteiger partial charge in [0, 0.05) is 25.5 Å². The molecule has 1 atom stereocenters. The smallest absolute Gasteiger partial charge is 0.101 e. The maximum atomic E-state index is 2.61. The second-order valence-electron chi connectivity index (χ2n) is 8.29. The van der Waals surface area contributed by atoms with E-state index in [1.54, 1.807) is 0 Å². The van der Waals surface area contributed by atoms with Gasteiger partial charge in [-0.1, -0.05) is 97.8 Å². The first-order valence-electron chi connectivity index (χ1n) is 12.0. The van der Waals surface area contributed by atoms with Crippen molar-refractivity contribution in [1.29, 1.82) is 0 Å². The highest BCUT2D eigenvalue weighted by atomic mass is 15.4. The maximum absolute atomic E-state index is 2.61. The van der Waals surface area contributed by atoms with Crippen LogP contribution in [0.4, 0.5) is 0 Å². The van der Waals surface area contributed by atoms with Gasteiger partial charge in [0.1, 0.15) is 6.17 Å². The van der Waals surface area contributed by atoms with Crippen LogP contribution in [0.2, 0.25) is 0 Å². The van der Waals surface area contributed by atoms with Crippen LogP contribution in [0.25, 0.3) is 0 Å². The van der Waals surface area contributed by atoms with Crippen molar-refractivity contribution >= 4 is 0 Å². The minimum absolute atomic E-state index is 0.644. The Morgan fingerprint density at radius 1 is 0.500 bits per heavy atom. The quantitative estimate of drug-likeness (QED) is 0.230. The van der Waals surface area contributed by atoms with Crippen LogP contribution in [0, 0.1) is 0 Å². The van der Waals surface area contributed by atoms with Crippen LogP contribution >= 0.6 is 0 Å². The third-order valence-corrected chi connectivity index (χ3v) is 5.78. The zero-order valence-corrected chi connectivity index (χ0v) is 18.4. The number of unbranched alkanes of at least 4 members (excludes halogenated alkanes) is 12. The van der Waals surface area contributed by atoms with Gasteiger partial charge in [0.15, 0.2) is 0 Å². The van der Waals surface area contributed by atoms with E-state index in [1.807, 2.05) is 0 Å². The van der Waals surface area contributed by atoms with E-state index in [2.05, 4.69) is 43.0 Å². The Labute approximate surface area is 165 Å². The molecule has 0 fully saturated rings. The van der Waals surface area contributed by atoms with Gasteiger partial charge >= 0.3 is 0 Å². The molecule has 0 amide bonds. The van der Waals surface area contributed by atoms with Gasteiger partial charge in [0.25, 0.3) is 0 Å². The summed E-state index contributed by atoms with van der Waals surface area (Å²) in [7, 11) is 0. The van der Waals surface area contributed by atoms with Crippen molar-refractivity contribution in [3.8, 4) is 0 Å². The Morgan fingerprint density at radius 2 is 0.962 bits per heavy atom. The molecule has 0 aliphatic carbocycles. The number of hydrogen-bond donors (Lipinski definition) is 0. The molecule has 154 valence electrons. The predicted molar refractivity (Wildman–Crippen MR) is 117 cm³/mol. The molecule has 0 saturated heterocycles. The van der Waals surface area contributed by atoms with E-state index < -0.39 is 0 Å². The monoisotopic (exact) mass is 364 g/mol. The van der Waals surface area contributed by atoms with Crippen LogP contribution in [-0.2, 0) is 0 Å². The van der Waals surface area contributed by atoms with Gasteiger partial charge in [0.05, 0.1) is 0 Å². The zero-order chi connectivity index (χ0) is 18.9. The summed E-state index contributed by atoms with van der Waals surface area (Å²) in [4.78, 5) is 5.20. The highest BCUT2D eigenvalue weighted by Gasteiger charge is 2.24. The summed E-state index contributed by atoms with van der Waals surface area (Å²) < 4.78 is 0. The van der Waals surface area contributed by atoms with Gasteiger partial charge in [-0.2, -0.15) is 0 Å². The summed E-state index contributed by atoms with van der Waals surface area (Å²) in [6.45, 7) is 9.35. The van der Waals surface area contributed by atoms with Gasteiger partial charge in [0.2, 0.25) is 0 Å². The molecule has 0 aromatic carbocycles. The average molecular weight is 365 g/mol. The van der Waals surface area contributed by atoms with E-state index in [9.17, 15) is 0 Å². The lowest BCUT2D eigenvalue weighted by Gasteiger charge is -2.33. The van der Waals surface area contributed by atoms with Crippen LogP contribution in [0.1, 0.15) is 124 Å². The van der Waals surface area contributed by atoms with Crippen molar-refractivity contribution in [2.75, 3.05) is 13.1 Å². The molecule has 0 saturated carbocycles. The Hall–Kier alpha value is -0.660. The van der Waals surface area contributed by atoms with Gasteiger partial charge in [-0.05, 0) is 25.7 Å². The normalized spacial score (nSPS) is 16.8. The van der Waals surface area contributed by atoms with E-state index in [0.717, 1.165) is 0 Å². The lowest BCUT2D eigenvalue weighted by molar-refractivity contribution is 0.137. The van der Waals surface area contributed by atoms with E-state index in [0.29, 0.717) is 6.17 Å². The van der Waals surface area contributed by atoms with Crippen LogP contribution in [0.3, 0.4) is 0 Å². The van der Waals surface area contributed by atoms with Crippen molar-refractivity contribution in [2.24, 2.45) is 0 Å². The Bertz CT molecular complexity index is 326.